The molecule has 1 aliphatic rings. The molecule has 1 aliphatic carbocycles. The largest absolute Gasteiger partial charge is 0.480 e. The number of aromatic nitrogens is 3. The van der Waals surface area contributed by atoms with Crippen molar-refractivity contribution in [3.05, 3.63) is 36.5 Å². The highest BCUT2D eigenvalue weighted by atomic mass is 16.4. The van der Waals surface area contributed by atoms with Gasteiger partial charge in [-0.1, -0.05) is 54.8 Å². The van der Waals surface area contributed by atoms with Crippen LogP contribution in [0.4, 0.5) is 0 Å². The van der Waals surface area contributed by atoms with E-state index in [-0.39, 0.29) is 12.5 Å². The van der Waals surface area contributed by atoms with Gasteiger partial charge in [-0.2, -0.15) is 0 Å². The van der Waals surface area contributed by atoms with Gasteiger partial charge < -0.3 is 10.4 Å². The van der Waals surface area contributed by atoms with Gasteiger partial charge in [0.25, 0.3) is 0 Å². The number of carboxylic acids is 1. The molecule has 1 aromatic carbocycles. The number of benzene rings is 1. The van der Waals surface area contributed by atoms with Crippen LogP contribution in [0.2, 0.25) is 0 Å². The molecule has 0 radical (unpaired) electrons. The van der Waals surface area contributed by atoms with Crippen molar-refractivity contribution in [1.29, 1.82) is 0 Å². The Balaban J connectivity index is 1.67. The van der Waals surface area contributed by atoms with Crippen LogP contribution in [0.5, 0.6) is 0 Å². The lowest BCUT2D eigenvalue weighted by atomic mass is 9.81. The van der Waals surface area contributed by atoms with E-state index in [0.717, 1.165) is 24.8 Å². The molecule has 0 aliphatic heterocycles. The molecule has 0 saturated heterocycles. The van der Waals surface area contributed by atoms with Gasteiger partial charge >= 0.3 is 5.97 Å². The van der Waals surface area contributed by atoms with Crippen molar-refractivity contribution >= 4 is 11.9 Å². The van der Waals surface area contributed by atoms with Crippen molar-refractivity contribution in [3.63, 3.8) is 0 Å². The van der Waals surface area contributed by atoms with Crippen molar-refractivity contribution in [3.8, 4) is 11.3 Å². The number of hydrogen-bond donors (Lipinski definition) is 2. The molecule has 7 nitrogen and oxygen atoms in total. The maximum atomic E-state index is 12.3. The van der Waals surface area contributed by atoms with Crippen LogP contribution in [0, 0.1) is 0 Å². The number of carbonyl (C=O) groups is 2. The first-order valence-electron chi connectivity index (χ1n) is 8.09. The summed E-state index contributed by atoms with van der Waals surface area (Å²) in [5.74, 6) is -1.32. The molecule has 1 amide bonds. The highest BCUT2D eigenvalue weighted by Gasteiger charge is 2.40. The smallest absolute Gasteiger partial charge is 0.329 e. The zero-order chi connectivity index (χ0) is 17.0. The van der Waals surface area contributed by atoms with Gasteiger partial charge in [-0.15, -0.1) is 5.10 Å². The Labute approximate surface area is 139 Å². The number of carbonyl (C=O) groups excluding carboxylic acids is 1. The van der Waals surface area contributed by atoms with Crippen molar-refractivity contribution in [2.24, 2.45) is 0 Å². The summed E-state index contributed by atoms with van der Waals surface area (Å²) in [6.45, 7) is -0.0468. The zero-order valence-electron chi connectivity index (χ0n) is 13.3. The molecule has 1 aromatic heterocycles. The molecule has 1 saturated carbocycles. The van der Waals surface area contributed by atoms with E-state index in [1.54, 1.807) is 6.20 Å². The SMILES string of the molecule is O=C(Cn1cc(-c2ccccc2)nn1)NC1(C(=O)O)CCCCC1. The average Bonchev–Trinajstić information content (AvgIpc) is 3.04. The minimum Gasteiger partial charge on any atom is -0.480 e. The van der Waals surface area contributed by atoms with Gasteiger partial charge in [-0.3, -0.25) is 4.79 Å². The molecule has 0 atom stereocenters. The second-order valence-electron chi connectivity index (χ2n) is 6.16. The van der Waals surface area contributed by atoms with Gasteiger partial charge in [-0.05, 0) is 12.8 Å². The molecule has 3 rings (SSSR count). The first-order chi connectivity index (χ1) is 11.6. The first-order valence-corrected chi connectivity index (χ1v) is 8.09. The van der Waals surface area contributed by atoms with E-state index >= 15 is 0 Å². The quantitative estimate of drug-likeness (QED) is 0.873. The van der Waals surface area contributed by atoms with Crippen LogP contribution in [-0.2, 0) is 16.1 Å². The monoisotopic (exact) mass is 328 g/mol. The van der Waals surface area contributed by atoms with Crippen molar-refractivity contribution < 1.29 is 14.7 Å². The molecule has 2 N–H and O–H groups in total. The summed E-state index contributed by atoms with van der Waals surface area (Å²) >= 11 is 0. The van der Waals surface area contributed by atoms with Crippen LogP contribution in [0.25, 0.3) is 11.3 Å². The van der Waals surface area contributed by atoms with E-state index < -0.39 is 11.5 Å². The number of rotatable bonds is 5. The molecule has 126 valence electrons. The molecule has 1 fully saturated rings. The Morgan fingerprint density at radius 1 is 1.17 bits per heavy atom. The third-order valence-electron chi connectivity index (χ3n) is 4.41. The Kier molecular flexibility index (Phi) is 4.59. The molecule has 7 heteroatoms. The number of nitrogens with one attached hydrogen (secondary N) is 1. The maximum Gasteiger partial charge on any atom is 0.329 e. The van der Waals surface area contributed by atoms with E-state index in [0.29, 0.717) is 18.5 Å². The standard InChI is InChI=1S/C17H20N4O3/c22-15(18-17(16(23)24)9-5-2-6-10-17)12-21-11-14(19-20-21)13-7-3-1-4-8-13/h1,3-4,7-8,11H,2,5-6,9-10,12H2,(H,18,22)(H,23,24). The lowest BCUT2D eigenvalue weighted by molar-refractivity contribution is -0.149. The third-order valence-corrected chi connectivity index (χ3v) is 4.41. The lowest BCUT2D eigenvalue weighted by Crippen LogP contribution is -2.56. The fourth-order valence-electron chi connectivity index (χ4n) is 3.12. The fraction of sp³-hybridized carbons (Fsp3) is 0.412. The topological polar surface area (TPSA) is 97.1 Å². The van der Waals surface area contributed by atoms with Crippen LogP contribution in [-0.4, -0.2) is 37.5 Å². The molecular formula is C17H20N4O3. The maximum absolute atomic E-state index is 12.3. The van der Waals surface area contributed by atoms with Gasteiger partial charge in [0, 0.05) is 5.56 Å². The first kappa shape index (κ1) is 16.2. The molecule has 2 aromatic rings. The molecule has 0 spiro atoms. The number of hydrogen-bond acceptors (Lipinski definition) is 4. The van der Waals surface area contributed by atoms with E-state index in [9.17, 15) is 14.7 Å². The van der Waals surface area contributed by atoms with Crippen LogP contribution in [0.3, 0.4) is 0 Å². The Morgan fingerprint density at radius 2 is 1.88 bits per heavy atom. The summed E-state index contributed by atoms with van der Waals surface area (Å²) in [7, 11) is 0. The van der Waals surface area contributed by atoms with Crippen LogP contribution >= 0.6 is 0 Å². The molecule has 24 heavy (non-hydrogen) atoms. The average molecular weight is 328 g/mol. The van der Waals surface area contributed by atoms with E-state index in [1.165, 1.54) is 4.68 Å². The summed E-state index contributed by atoms with van der Waals surface area (Å²) < 4.78 is 1.43. The predicted molar refractivity (Wildman–Crippen MR) is 87.1 cm³/mol. The van der Waals surface area contributed by atoms with Crippen molar-refractivity contribution in [2.45, 2.75) is 44.2 Å². The zero-order valence-corrected chi connectivity index (χ0v) is 13.3. The Morgan fingerprint density at radius 3 is 2.54 bits per heavy atom. The van der Waals surface area contributed by atoms with Gasteiger partial charge in [0.2, 0.25) is 5.91 Å². The molecule has 0 unspecified atom stereocenters. The number of nitrogens with zero attached hydrogens (tertiary/aromatic N) is 3. The number of carboxylic acid groups (broad SMARTS) is 1. The van der Waals surface area contributed by atoms with E-state index in [2.05, 4.69) is 15.6 Å². The minimum atomic E-state index is -1.14. The molecular weight excluding hydrogens is 308 g/mol. The predicted octanol–water partition coefficient (Wildman–Crippen LogP) is 1.85. The Hall–Kier alpha value is -2.70. The summed E-state index contributed by atoms with van der Waals surface area (Å²) in [6.07, 6.45) is 5.27. The van der Waals surface area contributed by atoms with E-state index in [4.69, 9.17) is 0 Å². The summed E-state index contributed by atoms with van der Waals surface area (Å²) in [5, 5.41) is 20.2. The van der Waals surface area contributed by atoms with Gasteiger partial charge in [0.15, 0.2) is 0 Å². The summed E-state index contributed by atoms with van der Waals surface area (Å²) in [6, 6.07) is 9.55. The minimum absolute atomic E-state index is 0.0468. The second kappa shape index (κ2) is 6.82. The van der Waals surface area contributed by atoms with Crippen LogP contribution < -0.4 is 5.32 Å². The highest BCUT2D eigenvalue weighted by molar-refractivity contribution is 5.87. The summed E-state index contributed by atoms with van der Waals surface area (Å²) in [4.78, 5) is 23.9. The van der Waals surface area contributed by atoms with E-state index in [1.807, 2.05) is 30.3 Å². The molecule has 1 heterocycles. The van der Waals surface area contributed by atoms with Gasteiger partial charge in [-0.25, -0.2) is 9.48 Å². The van der Waals surface area contributed by atoms with Crippen molar-refractivity contribution in [1.82, 2.24) is 20.3 Å². The van der Waals surface area contributed by atoms with Crippen LogP contribution in [0.15, 0.2) is 36.5 Å². The number of aliphatic carboxylic acids is 1. The van der Waals surface area contributed by atoms with Crippen molar-refractivity contribution in [2.75, 3.05) is 0 Å². The lowest BCUT2D eigenvalue weighted by Gasteiger charge is -2.33. The van der Waals surface area contributed by atoms with Gasteiger partial charge in [0.05, 0.1) is 6.20 Å². The normalized spacial score (nSPS) is 16.5. The highest BCUT2D eigenvalue weighted by Crippen LogP contribution is 2.28. The van der Waals surface area contributed by atoms with Crippen LogP contribution in [0.1, 0.15) is 32.1 Å². The van der Waals surface area contributed by atoms with Gasteiger partial charge in [0.1, 0.15) is 17.8 Å². The summed E-state index contributed by atoms with van der Waals surface area (Å²) in [5.41, 5.74) is 0.450. The third kappa shape index (κ3) is 3.45. The number of amides is 1. The Bertz CT molecular complexity index is 720. The molecule has 0 bridgehead atoms. The fourth-order valence-corrected chi connectivity index (χ4v) is 3.12. The second-order valence-corrected chi connectivity index (χ2v) is 6.16.